The summed E-state index contributed by atoms with van der Waals surface area (Å²) in [4.78, 5) is 15.2. The molecule has 0 bridgehead atoms. The summed E-state index contributed by atoms with van der Waals surface area (Å²) in [5.41, 5.74) is 0. The summed E-state index contributed by atoms with van der Waals surface area (Å²) in [5.74, 6) is 0. The molecule has 0 aliphatic carbocycles. The van der Waals surface area contributed by atoms with E-state index >= 15 is 0 Å². The number of aromatic nitrogens is 3. The molecule has 1 amide bonds. The third-order valence-electron chi connectivity index (χ3n) is 2.92. The zero-order valence-corrected chi connectivity index (χ0v) is 11.5. The van der Waals surface area contributed by atoms with Gasteiger partial charge in [-0.05, 0) is 12.8 Å². The van der Waals surface area contributed by atoms with Crippen LogP contribution in [0.1, 0.15) is 52.4 Å². The summed E-state index contributed by atoms with van der Waals surface area (Å²) in [5, 5.41) is 7.82. The number of rotatable bonds is 8. The molecule has 102 valence electrons. The molecule has 0 fully saturated rings. The average molecular weight is 252 g/mol. The zero-order chi connectivity index (χ0) is 13.2. The van der Waals surface area contributed by atoms with E-state index in [0.717, 1.165) is 51.6 Å². The Bertz CT molecular complexity index is 314. The van der Waals surface area contributed by atoms with Gasteiger partial charge in [0.15, 0.2) is 0 Å². The Morgan fingerprint density at radius 1 is 1.00 bits per heavy atom. The van der Waals surface area contributed by atoms with Gasteiger partial charge in [-0.3, -0.25) is 0 Å². The largest absolute Gasteiger partial charge is 0.362 e. The molecule has 1 aromatic rings. The summed E-state index contributed by atoms with van der Waals surface area (Å²) in [7, 11) is 0. The molecule has 0 atom stereocenters. The topological polar surface area (TPSA) is 51.0 Å². The fraction of sp³-hybridized carbons (Fsp3) is 0.769. The van der Waals surface area contributed by atoms with Crippen molar-refractivity contribution < 1.29 is 4.79 Å². The Kier molecular flexibility index (Phi) is 7.06. The number of unbranched alkanes of at least 4 members (excludes halogenated alkanes) is 4. The molecule has 0 aliphatic heterocycles. The molecule has 1 rings (SSSR count). The monoisotopic (exact) mass is 252 g/mol. The van der Waals surface area contributed by atoms with Gasteiger partial charge in [-0.2, -0.15) is 10.2 Å². The minimum absolute atomic E-state index is 0.104. The lowest BCUT2D eigenvalue weighted by Gasteiger charge is -2.21. The van der Waals surface area contributed by atoms with Crippen LogP contribution in [0.15, 0.2) is 12.4 Å². The van der Waals surface area contributed by atoms with Crippen LogP contribution in [0, 0.1) is 0 Å². The molecule has 1 aromatic heterocycles. The minimum atomic E-state index is -0.104. The number of amides is 1. The van der Waals surface area contributed by atoms with E-state index in [9.17, 15) is 4.79 Å². The van der Waals surface area contributed by atoms with Crippen molar-refractivity contribution in [3.05, 3.63) is 12.4 Å². The Hall–Kier alpha value is -1.39. The highest BCUT2D eigenvalue weighted by Gasteiger charge is 2.15. The summed E-state index contributed by atoms with van der Waals surface area (Å²) in [6, 6.07) is -0.104. The van der Waals surface area contributed by atoms with Gasteiger partial charge < -0.3 is 4.90 Å². The number of nitrogens with zero attached hydrogens (tertiary/aromatic N) is 4. The number of hydrogen-bond donors (Lipinski definition) is 0. The summed E-state index contributed by atoms with van der Waals surface area (Å²) >= 11 is 0. The molecule has 5 nitrogen and oxygen atoms in total. The fourth-order valence-corrected chi connectivity index (χ4v) is 1.85. The number of carbonyl (C=O) groups is 1. The van der Waals surface area contributed by atoms with E-state index in [-0.39, 0.29) is 6.03 Å². The zero-order valence-electron chi connectivity index (χ0n) is 11.5. The van der Waals surface area contributed by atoms with Crippen LogP contribution in [0.2, 0.25) is 0 Å². The molecular formula is C13H24N4O. The lowest BCUT2D eigenvalue weighted by atomic mass is 10.2. The van der Waals surface area contributed by atoms with Crippen molar-refractivity contribution >= 4 is 6.03 Å². The predicted octanol–water partition coefficient (Wildman–Crippen LogP) is 2.93. The Morgan fingerprint density at radius 3 is 1.94 bits per heavy atom. The first kappa shape index (κ1) is 14.7. The fourth-order valence-electron chi connectivity index (χ4n) is 1.85. The quantitative estimate of drug-likeness (QED) is 0.668. The van der Waals surface area contributed by atoms with Gasteiger partial charge in [-0.15, -0.1) is 0 Å². The van der Waals surface area contributed by atoms with E-state index < -0.39 is 0 Å². The van der Waals surface area contributed by atoms with Crippen molar-refractivity contribution in [3.8, 4) is 0 Å². The molecule has 5 heteroatoms. The molecule has 0 N–H and O–H groups in total. The molecule has 0 unspecified atom stereocenters. The molecule has 1 heterocycles. The lowest BCUT2D eigenvalue weighted by molar-refractivity contribution is 0.189. The van der Waals surface area contributed by atoms with Gasteiger partial charge in [-0.1, -0.05) is 44.3 Å². The van der Waals surface area contributed by atoms with Crippen molar-refractivity contribution in [2.45, 2.75) is 52.4 Å². The molecule has 0 radical (unpaired) electrons. The second kappa shape index (κ2) is 8.66. The van der Waals surface area contributed by atoms with Crippen LogP contribution in [0.5, 0.6) is 0 Å². The van der Waals surface area contributed by atoms with E-state index in [4.69, 9.17) is 0 Å². The highest BCUT2D eigenvalue weighted by Crippen LogP contribution is 2.04. The lowest BCUT2D eigenvalue weighted by Crippen LogP contribution is -2.37. The first-order valence-corrected chi connectivity index (χ1v) is 6.95. The maximum Gasteiger partial charge on any atom is 0.362 e. The first-order chi connectivity index (χ1) is 8.79. The smallest absolute Gasteiger partial charge is 0.322 e. The second-order valence-corrected chi connectivity index (χ2v) is 4.50. The van der Waals surface area contributed by atoms with Crippen molar-refractivity contribution in [1.29, 1.82) is 0 Å². The van der Waals surface area contributed by atoms with Crippen LogP contribution >= 0.6 is 0 Å². The number of hydrogen-bond acceptors (Lipinski definition) is 3. The van der Waals surface area contributed by atoms with Crippen molar-refractivity contribution in [2.75, 3.05) is 13.1 Å². The summed E-state index contributed by atoms with van der Waals surface area (Å²) in [6.45, 7) is 5.94. The van der Waals surface area contributed by atoms with Crippen molar-refractivity contribution in [3.63, 3.8) is 0 Å². The SMILES string of the molecule is CCCCCN(CCCCC)C(=O)n1nccn1. The second-order valence-electron chi connectivity index (χ2n) is 4.50. The Labute approximate surface area is 109 Å². The van der Waals surface area contributed by atoms with Crippen LogP contribution in [0.3, 0.4) is 0 Å². The normalized spacial score (nSPS) is 10.6. The van der Waals surface area contributed by atoms with Gasteiger partial charge >= 0.3 is 6.03 Å². The third-order valence-corrected chi connectivity index (χ3v) is 2.92. The van der Waals surface area contributed by atoms with Gasteiger partial charge in [0.05, 0.1) is 12.4 Å². The average Bonchev–Trinajstić information content (AvgIpc) is 2.90. The molecule has 0 saturated heterocycles. The van der Waals surface area contributed by atoms with Crippen molar-refractivity contribution in [2.24, 2.45) is 0 Å². The summed E-state index contributed by atoms with van der Waals surface area (Å²) in [6.07, 6.45) is 9.82. The van der Waals surface area contributed by atoms with E-state index in [1.54, 1.807) is 0 Å². The first-order valence-electron chi connectivity index (χ1n) is 6.95. The maximum absolute atomic E-state index is 12.2. The van der Waals surface area contributed by atoms with E-state index in [2.05, 4.69) is 24.0 Å². The van der Waals surface area contributed by atoms with Gasteiger partial charge in [0, 0.05) is 13.1 Å². The van der Waals surface area contributed by atoms with Crippen LogP contribution in [-0.4, -0.2) is 39.0 Å². The molecular weight excluding hydrogens is 228 g/mol. The van der Waals surface area contributed by atoms with Crippen molar-refractivity contribution in [1.82, 2.24) is 19.9 Å². The molecule has 18 heavy (non-hydrogen) atoms. The van der Waals surface area contributed by atoms with E-state index in [1.165, 1.54) is 17.2 Å². The van der Waals surface area contributed by atoms with Gasteiger partial charge in [0.1, 0.15) is 0 Å². The van der Waals surface area contributed by atoms with Crippen LogP contribution in [-0.2, 0) is 0 Å². The molecule has 0 spiro atoms. The van der Waals surface area contributed by atoms with E-state index in [0.29, 0.717) is 0 Å². The summed E-state index contributed by atoms with van der Waals surface area (Å²) < 4.78 is 0. The molecule has 0 aliphatic rings. The number of carbonyl (C=O) groups excluding carboxylic acids is 1. The highest BCUT2D eigenvalue weighted by molar-refractivity contribution is 5.74. The van der Waals surface area contributed by atoms with Crippen LogP contribution in [0.25, 0.3) is 0 Å². The Balaban J connectivity index is 2.49. The van der Waals surface area contributed by atoms with Gasteiger partial charge in [0.2, 0.25) is 0 Å². The van der Waals surface area contributed by atoms with Gasteiger partial charge in [-0.25, -0.2) is 4.79 Å². The third kappa shape index (κ3) is 4.85. The van der Waals surface area contributed by atoms with Gasteiger partial charge in [0.25, 0.3) is 0 Å². The minimum Gasteiger partial charge on any atom is -0.322 e. The van der Waals surface area contributed by atoms with Crippen LogP contribution in [0.4, 0.5) is 4.79 Å². The van der Waals surface area contributed by atoms with E-state index in [1.807, 2.05) is 4.90 Å². The van der Waals surface area contributed by atoms with Crippen LogP contribution < -0.4 is 0 Å². The Morgan fingerprint density at radius 2 is 1.50 bits per heavy atom. The molecule has 0 saturated carbocycles. The molecule has 0 aromatic carbocycles. The predicted molar refractivity (Wildman–Crippen MR) is 71.4 cm³/mol. The maximum atomic E-state index is 12.2. The standard InChI is InChI=1S/C13H24N4O/c1-3-5-7-11-16(12-8-6-4-2)13(18)17-14-9-10-15-17/h9-10H,3-8,11-12H2,1-2H3. The highest BCUT2D eigenvalue weighted by atomic mass is 16.2.